The van der Waals surface area contributed by atoms with Crippen LogP contribution in [0.1, 0.15) is 26.3 Å². The average Bonchev–Trinajstić information content (AvgIpc) is 2.93. The van der Waals surface area contributed by atoms with Crippen molar-refractivity contribution in [3.63, 3.8) is 0 Å². The molecule has 0 fully saturated rings. The molecular formula is C15H17ClN6OS. The Labute approximate surface area is 149 Å². The van der Waals surface area contributed by atoms with E-state index in [-0.39, 0.29) is 5.91 Å². The number of tetrazole rings is 1. The van der Waals surface area contributed by atoms with Crippen LogP contribution in [0.15, 0.2) is 23.4 Å². The molecule has 126 valence electrons. The molecule has 7 nitrogen and oxygen atoms in total. The van der Waals surface area contributed by atoms with E-state index in [4.69, 9.17) is 16.9 Å². The zero-order chi connectivity index (χ0) is 17.7. The first kappa shape index (κ1) is 18.2. The average molecular weight is 365 g/mol. The highest BCUT2D eigenvalue weighted by Gasteiger charge is 2.19. The van der Waals surface area contributed by atoms with Crippen LogP contribution in [0, 0.1) is 17.2 Å². The van der Waals surface area contributed by atoms with E-state index in [1.807, 2.05) is 6.07 Å². The molecule has 2 aromatic rings. The topological polar surface area (TPSA) is 96.5 Å². The summed E-state index contributed by atoms with van der Waals surface area (Å²) in [6.07, 6.45) is 0. The Morgan fingerprint density at radius 2 is 2.21 bits per heavy atom. The summed E-state index contributed by atoms with van der Waals surface area (Å²) in [6.45, 7) is 6.61. The van der Waals surface area contributed by atoms with E-state index in [0.717, 1.165) is 0 Å². The van der Waals surface area contributed by atoms with Gasteiger partial charge in [0.15, 0.2) is 0 Å². The Kier molecular flexibility index (Phi) is 6.17. The lowest BCUT2D eigenvalue weighted by Gasteiger charge is -2.12. The van der Waals surface area contributed by atoms with Crippen molar-refractivity contribution in [3.05, 3.63) is 28.8 Å². The number of carbonyl (C=O) groups excluding carboxylic acids is 1. The molecule has 1 amide bonds. The number of nitriles is 1. The van der Waals surface area contributed by atoms with Crippen molar-refractivity contribution < 1.29 is 4.79 Å². The van der Waals surface area contributed by atoms with Crippen LogP contribution in [0.25, 0.3) is 0 Å². The van der Waals surface area contributed by atoms with Gasteiger partial charge in [-0.15, -0.1) is 5.10 Å². The number of benzene rings is 1. The minimum atomic E-state index is -0.392. The Bertz CT molecular complexity index is 770. The molecule has 0 radical (unpaired) electrons. The van der Waals surface area contributed by atoms with Gasteiger partial charge >= 0.3 is 0 Å². The van der Waals surface area contributed by atoms with Crippen molar-refractivity contribution in [2.24, 2.45) is 5.92 Å². The lowest BCUT2D eigenvalue weighted by molar-refractivity contribution is -0.115. The number of amides is 1. The van der Waals surface area contributed by atoms with Gasteiger partial charge in [-0.05, 0) is 41.5 Å². The van der Waals surface area contributed by atoms with Crippen LogP contribution in [-0.4, -0.2) is 31.4 Å². The number of carbonyl (C=O) groups is 1. The molecular weight excluding hydrogens is 348 g/mol. The second-order valence-corrected chi connectivity index (χ2v) is 7.31. The fourth-order valence-electron chi connectivity index (χ4n) is 1.88. The van der Waals surface area contributed by atoms with Crippen LogP contribution in [0.4, 0.5) is 5.69 Å². The van der Waals surface area contributed by atoms with Crippen LogP contribution in [-0.2, 0) is 11.3 Å². The molecule has 0 aliphatic carbocycles. The molecule has 24 heavy (non-hydrogen) atoms. The third-order valence-corrected chi connectivity index (χ3v) is 4.43. The van der Waals surface area contributed by atoms with Crippen LogP contribution in [0.5, 0.6) is 0 Å². The van der Waals surface area contributed by atoms with Crippen molar-refractivity contribution in [1.29, 1.82) is 5.26 Å². The van der Waals surface area contributed by atoms with Crippen molar-refractivity contribution in [2.45, 2.75) is 37.7 Å². The molecule has 0 saturated heterocycles. The van der Waals surface area contributed by atoms with Gasteiger partial charge in [0.05, 0.1) is 15.8 Å². The van der Waals surface area contributed by atoms with Crippen LogP contribution in [0.2, 0.25) is 5.02 Å². The van der Waals surface area contributed by atoms with Gasteiger partial charge in [0.25, 0.3) is 0 Å². The summed E-state index contributed by atoms with van der Waals surface area (Å²) in [7, 11) is 0. The van der Waals surface area contributed by atoms with Gasteiger partial charge in [0.2, 0.25) is 11.1 Å². The normalized spacial score (nSPS) is 12.0. The molecule has 0 aliphatic heterocycles. The van der Waals surface area contributed by atoms with Crippen LogP contribution >= 0.6 is 23.4 Å². The van der Waals surface area contributed by atoms with Gasteiger partial charge in [0, 0.05) is 12.2 Å². The van der Waals surface area contributed by atoms with Gasteiger partial charge in [-0.3, -0.25) is 4.79 Å². The van der Waals surface area contributed by atoms with Crippen LogP contribution < -0.4 is 5.32 Å². The van der Waals surface area contributed by atoms with Gasteiger partial charge in [0.1, 0.15) is 6.07 Å². The predicted octanol–water partition coefficient (Wildman–Crippen LogP) is 2.97. The summed E-state index contributed by atoms with van der Waals surface area (Å²) in [6, 6.07) is 6.74. The maximum absolute atomic E-state index is 12.3. The maximum atomic E-state index is 12.3. The highest BCUT2D eigenvalue weighted by Crippen LogP contribution is 2.24. The first-order chi connectivity index (χ1) is 11.4. The number of hydrogen-bond acceptors (Lipinski definition) is 6. The van der Waals surface area contributed by atoms with E-state index >= 15 is 0 Å². The summed E-state index contributed by atoms with van der Waals surface area (Å²) < 4.78 is 1.69. The third kappa shape index (κ3) is 4.69. The second kappa shape index (κ2) is 8.13. The Hall–Kier alpha value is -2.11. The molecule has 0 bridgehead atoms. The smallest absolute Gasteiger partial charge is 0.237 e. The Balaban J connectivity index is 2.01. The van der Waals surface area contributed by atoms with Crippen LogP contribution in [0.3, 0.4) is 0 Å². The highest BCUT2D eigenvalue weighted by atomic mass is 35.5. The van der Waals surface area contributed by atoms with Gasteiger partial charge in [-0.2, -0.15) is 5.26 Å². The quantitative estimate of drug-likeness (QED) is 0.791. The Morgan fingerprint density at radius 1 is 1.46 bits per heavy atom. The molecule has 1 atom stereocenters. The lowest BCUT2D eigenvalue weighted by atomic mass is 10.2. The number of nitrogens with zero attached hydrogens (tertiary/aromatic N) is 5. The monoisotopic (exact) mass is 364 g/mol. The van der Waals surface area contributed by atoms with Crippen molar-refractivity contribution in [1.82, 2.24) is 20.2 Å². The predicted molar refractivity (Wildman–Crippen MR) is 92.8 cm³/mol. The molecule has 0 saturated carbocycles. The molecule has 1 heterocycles. The molecule has 9 heteroatoms. The zero-order valence-electron chi connectivity index (χ0n) is 13.5. The number of thioether (sulfide) groups is 1. The molecule has 0 spiro atoms. The number of nitrogens with one attached hydrogen (secondary N) is 1. The second-order valence-electron chi connectivity index (χ2n) is 5.59. The maximum Gasteiger partial charge on any atom is 0.237 e. The number of halogens is 1. The molecule has 1 unspecified atom stereocenters. The molecule has 1 aromatic heterocycles. The van der Waals surface area contributed by atoms with E-state index in [1.54, 1.807) is 29.8 Å². The van der Waals surface area contributed by atoms with Crippen molar-refractivity contribution in [3.8, 4) is 6.07 Å². The van der Waals surface area contributed by atoms with Gasteiger partial charge in [-0.1, -0.05) is 37.2 Å². The highest BCUT2D eigenvalue weighted by molar-refractivity contribution is 8.00. The molecule has 1 N–H and O–H groups in total. The third-order valence-electron chi connectivity index (χ3n) is 3.05. The van der Waals surface area contributed by atoms with E-state index in [9.17, 15) is 4.79 Å². The molecule has 0 aliphatic rings. The van der Waals surface area contributed by atoms with E-state index in [1.165, 1.54) is 11.8 Å². The fraction of sp³-hybridized carbons (Fsp3) is 0.400. The van der Waals surface area contributed by atoms with E-state index in [0.29, 0.717) is 33.9 Å². The largest absolute Gasteiger partial charge is 0.325 e. The first-order valence-electron chi connectivity index (χ1n) is 7.34. The number of rotatable bonds is 6. The lowest BCUT2D eigenvalue weighted by Crippen LogP contribution is -2.23. The number of anilines is 1. The standard InChI is InChI=1S/C15H17ClN6OS/c1-9(2)8-22-15(19-20-21-22)24-10(3)14(23)18-12-5-4-11(7-17)13(16)6-12/h4-6,9-10H,8H2,1-3H3,(H,18,23). The minimum Gasteiger partial charge on any atom is -0.325 e. The zero-order valence-corrected chi connectivity index (χ0v) is 15.1. The minimum absolute atomic E-state index is 0.195. The fourth-order valence-corrected chi connectivity index (χ4v) is 2.90. The van der Waals surface area contributed by atoms with Gasteiger partial charge < -0.3 is 5.32 Å². The van der Waals surface area contributed by atoms with E-state index in [2.05, 4.69) is 34.7 Å². The van der Waals surface area contributed by atoms with Crippen molar-refractivity contribution in [2.75, 3.05) is 5.32 Å². The summed E-state index contributed by atoms with van der Waals surface area (Å²) in [5.74, 6) is 0.206. The summed E-state index contributed by atoms with van der Waals surface area (Å²) in [4.78, 5) is 12.3. The summed E-state index contributed by atoms with van der Waals surface area (Å²) >= 11 is 7.26. The first-order valence-corrected chi connectivity index (χ1v) is 8.59. The van der Waals surface area contributed by atoms with Gasteiger partial charge in [-0.25, -0.2) is 4.68 Å². The molecule has 2 rings (SSSR count). The Morgan fingerprint density at radius 3 is 2.83 bits per heavy atom. The SMILES string of the molecule is CC(C)Cn1nnnc1SC(C)C(=O)Nc1ccc(C#N)c(Cl)c1. The van der Waals surface area contributed by atoms with E-state index < -0.39 is 5.25 Å². The van der Waals surface area contributed by atoms with Crippen molar-refractivity contribution >= 4 is 35.0 Å². The summed E-state index contributed by atoms with van der Waals surface area (Å²) in [5, 5.41) is 23.7. The number of hydrogen-bond donors (Lipinski definition) is 1. The molecule has 1 aromatic carbocycles. The summed E-state index contributed by atoms with van der Waals surface area (Å²) in [5.41, 5.74) is 0.906. The number of aromatic nitrogens is 4.